The zero-order valence-electron chi connectivity index (χ0n) is 9.74. The van der Waals surface area contributed by atoms with Gasteiger partial charge in [-0.25, -0.2) is 0 Å². The summed E-state index contributed by atoms with van der Waals surface area (Å²) in [6.07, 6.45) is 3.99. The van der Waals surface area contributed by atoms with E-state index in [1.165, 1.54) is 36.3 Å². The number of nitrogens with one attached hydrogen (secondary N) is 1. The van der Waals surface area contributed by atoms with Gasteiger partial charge in [0, 0.05) is 10.9 Å². The van der Waals surface area contributed by atoms with Crippen molar-refractivity contribution >= 4 is 24.2 Å². The van der Waals surface area contributed by atoms with E-state index < -0.39 is 0 Å². The summed E-state index contributed by atoms with van der Waals surface area (Å²) in [6.45, 7) is 3.37. The second kappa shape index (κ2) is 7.21. The predicted molar refractivity (Wildman–Crippen MR) is 74.7 cm³/mol. The minimum absolute atomic E-state index is 0. The Labute approximate surface area is 109 Å². The van der Waals surface area contributed by atoms with Crippen LogP contribution in [0.5, 0.6) is 0 Å². The molecule has 1 aromatic carbocycles. The van der Waals surface area contributed by atoms with Crippen molar-refractivity contribution in [1.29, 1.82) is 0 Å². The van der Waals surface area contributed by atoms with Crippen LogP contribution in [-0.2, 0) is 0 Å². The van der Waals surface area contributed by atoms with Gasteiger partial charge in [-0.3, -0.25) is 0 Å². The van der Waals surface area contributed by atoms with Crippen molar-refractivity contribution in [1.82, 2.24) is 5.32 Å². The second-order valence-electron chi connectivity index (χ2n) is 4.00. The molecule has 0 radical (unpaired) electrons. The van der Waals surface area contributed by atoms with Gasteiger partial charge in [0.1, 0.15) is 0 Å². The zero-order chi connectivity index (χ0) is 10.5. The smallest absolute Gasteiger partial charge is 0.0320 e. The summed E-state index contributed by atoms with van der Waals surface area (Å²) < 4.78 is 0. The summed E-state index contributed by atoms with van der Waals surface area (Å²) in [5.41, 5.74) is 1.45. The molecular weight excluding hydrogens is 238 g/mol. The lowest BCUT2D eigenvalue weighted by atomic mass is 9.98. The van der Waals surface area contributed by atoms with Gasteiger partial charge >= 0.3 is 0 Å². The maximum Gasteiger partial charge on any atom is 0.0320 e. The third-order valence-corrected chi connectivity index (χ3v) is 3.80. The Morgan fingerprint density at radius 2 is 2.00 bits per heavy atom. The minimum Gasteiger partial charge on any atom is -0.310 e. The molecule has 2 rings (SSSR count). The van der Waals surface area contributed by atoms with Gasteiger partial charge in [-0.05, 0) is 42.8 Å². The lowest BCUT2D eigenvalue weighted by Gasteiger charge is -2.23. The summed E-state index contributed by atoms with van der Waals surface area (Å²) in [4.78, 5) is 1.39. The molecule has 1 aliphatic rings. The number of benzene rings is 1. The fraction of sp³-hybridized carbons (Fsp3) is 0.538. The van der Waals surface area contributed by atoms with Gasteiger partial charge in [0.25, 0.3) is 0 Å². The Hall–Kier alpha value is -0.180. The normalized spacial score (nSPS) is 20.2. The number of thioether (sulfide) groups is 1. The molecule has 16 heavy (non-hydrogen) atoms. The van der Waals surface area contributed by atoms with E-state index in [-0.39, 0.29) is 12.4 Å². The maximum atomic E-state index is 3.58. The standard InChI is InChI=1S/C13H19NS.ClH/c1-2-15-12-8-6-11(7-9-12)13-5-3-4-10-14-13;/h6-9,13-14H,2-5,10H2,1H3;1H/t13-;/m0./s1. The molecule has 1 saturated heterocycles. The Balaban J connectivity index is 0.00000128. The van der Waals surface area contributed by atoms with Crippen LogP contribution < -0.4 is 5.32 Å². The van der Waals surface area contributed by atoms with E-state index in [1.54, 1.807) is 0 Å². The van der Waals surface area contributed by atoms with E-state index in [9.17, 15) is 0 Å². The molecule has 1 heterocycles. The summed E-state index contributed by atoms with van der Waals surface area (Å²) >= 11 is 1.91. The molecule has 1 aliphatic heterocycles. The van der Waals surface area contributed by atoms with Crippen molar-refractivity contribution in [2.24, 2.45) is 0 Å². The largest absolute Gasteiger partial charge is 0.310 e. The summed E-state index contributed by atoms with van der Waals surface area (Å²) in [5, 5.41) is 3.58. The highest BCUT2D eigenvalue weighted by atomic mass is 35.5. The quantitative estimate of drug-likeness (QED) is 0.821. The van der Waals surface area contributed by atoms with Crippen LogP contribution in [0.2, 0.25) is 0 Å². The first kappa shape index (κ1) is 13.9. The first-order valence-electron chi connectivity index (χ1n) is 5.86. The SMILES string of the molecule is CCSc1ccc([C@@H]2CCCCN2)cc1.Cl. The van der Waals surface area contributed by atoms with Crippen LogP contribution in [0.25, 0.3) is 0 Å². The van der Waals surface area contributed by atoms with Gasteiger partial charge in [0.05, 0.1) is 0 Å². The van der Waals surface area contributed by atoms with Gasteiger partial charge in [-0.1, -0.05) is 25.5 Å². The van der Waals surface area contributed by atoms with Crippen molar-refractivity contribution in [2.75, 3.05) is 12.3 Å². The fourth-order valence-corrected chi connectivity index (χ4v) is 2.76. The molecule has 0 bridgehead atoms. The van der Waals surface area contributed by atoms with Gasteiger partial charge in [-0.15, -0.1) is 24.2 Å². The van der Waals surface area contributed by atoms with Crippen molar-refractivity contribution in [3.63, 3.8) is 0 Å². The Morgan fingerprint density at radius 3 is 2.56 bits per heavy atom. The molecule has 0 aliphatic carbocycles. The van der Waals surface area contributed by atoms with Crippen LogP contribution in [0, 0.1) is 0 Å². The van der Waals surface area contributed by atoms with Crippen molar-refractivity contribution in [3.8, 4) is 0 Å². The molecule has 0 spiro atoms. The molecule has 1 aromatic rings. The second-order valence-corrected chi connectivity index (χ2v) is 5.34. The van der Waals surface area contributed by atoms with Crippen LogP contribution >= 0.6 is 24.2 Å². The van der Waals surface area contributed by atoms with E-state index >= 15 is 0 Å². The maximum absolute atomic E-state index is 3.58. The Bertz CT molecular complexity index is 293. The molecule has 1 N–H and O–H groups in total. The van der Waals surface area contributed by atoms with Gasteiger partial charge in [-0.2, -0.15) is 0 Å². The molecule has 0 amide bonds. The van der Waals surface area contributed by atoms with Gasteiger partial charge in [0.15, 0.2) is 0 Å². The van der Waals surface area contributed by atoms with Gasteiger partial charge < -0.3 is 5.32 Å². The number of halogens is 1. The molecule has 0 unspecified atom stereocenters. The molecule has 90 valence electrons. The minimum atomic E-state index is 0. The van der Waals surface area contributed by atoms with Crippen molar-refractivity contribution < 1.29 is 0 Å². The van der Waals surface area contributed by atoms with Crippen molar-refractivity contribution in [3.05, 3.63) is 29.8 Å². The predicted octanol–water partition coefficient (Wildman–Crippen LogP) is 4.04. The van der Waals surface area contributed by atoms with E-state index in [4.69, 9.17) is 0 Å². The molecule has 1 fully saturated rings. The van der Waals surface area contributed by atoms with Gasteiger partial charge in [0.2, 0.25) is 0 Å². The van der Waals surface area contributed by atoms with Crippen LogP contribution in [0.4, 0.5) is 0 Å². The Morgan fingerprint density at radius 1 is 1.25 bits per heavy atom. The fourth-order valence-electron chi connectivity index (χ4n) is 2.10. The average Bonchev–Trinajstić information content (AvgIpc) is 2.32. The number of piperidine rings is 1. The molecular formula is C13H20ClNS. The summed E-state index contributed by atoms with van der Waals surface area (Å²) in [6, 6.07) is 9.65. The lowest BCUT2D eigenvalue weighted by Crippen LogP contribution is -2.26. The van der Waals surface area contributed by atoms with Crippen LogP contribution in [-0.4, -0.2) is 12.3 Å². The van der Waals surface area contributed by atoms with Crippen LogP contribution in [0.3, 0.4) is 0 Å². The third kappa shape index (κ3) is 3.69. The van der Waals surface area contributed by atoms with Crippen molar-refractivity contribution in [2.45, 2.75) is 37.1 Å². The highest BCUT2D eigenvalue weighted by molar-refractivity contribution is 7.99. The first-order valence-corrected chi connectivity index (χ1v) is 6.85. The number of hydrogen-bond acceptors (Lipinski definition) is 2. The highest BCUT2D eigenvalue weighted by Crippen LogP contribution is 2.25. The number of hydrogen-bond donors (Lipinski definition) is 1. The molecule has 1 atom stereocenters. The average molecular weight is 258 g/mol. The monoisotopic (exact) mass is 257 g/mol. The molecule has 1 nitrogen and oxygen atoms in total. The third-order valence-electron chi connectivity index (χ3n) is 2.90. The molecule has 0 saturated carbocycles. The Kier molecular flexibility index (Phi) is 6.25. The summed E-state index contributed by atoms with van der Waals surface area (Å²) in [7, 11) is 0. The molecule has 3 heteroatoms. The number of rotatable bonds is 3. The van der Waals surface area contributed by atoms with E-state index in [1.807, 2.05) is 11.8 Å². The lowest BCUT2D eigenvalue weighted by molar-refractivity contribution is 0.412. The van der Waals surface area contributed by atoms with E-state index in [0.29, 0.717) is 6.04 Å². The van der Waals surface area contributed by atoms with E-state index in [0.717, 1.165) is 5.75 Å². The van der Waals surface area contributed by atoms with Crippen LogP contribution in [0.15, 0.2) is 29.2 Å². The summed E-state index contributed by atoms with van der Waals surface area (Å²) in [5.74, 6) is 1.15. The topological polar surface area (TPSA) is 12.0 Å². The molecule has 0 aromatic heterocycles. The van der Waals surface area contributed by atoms with Crippen LogP contribution in [0.1, 0.15) is 37.8 Å². The zero-order valence-corrected chi connectivity index (χ0v) is 11.4. The van der Waals surface area contributed by atoms with E-state index in [2.05, 4.69) is 36.5 Å². The highest BCUT2D eigenvalue weighted by Gasteiger charge is 2.13. The first-order chi connectivity index (χ1) is 7.40.